The third-order valence-electron chi connectivity index (χ3n) is 5.49. The van der Waals surface area contributed by atoms with E-state index in [4.69, 9.17) is 4.74 Å². The standard InChI is InChI=1S/C23H37NO4S/c1-18(2)29(26,27)14-9-7-5-6-8-11-21-12-10-13-22(15-21)23(25)24-16-19(3)28-20(4)17-24/h10,12-13,15,18-20H,5-9,11,14,16-17H2,1-4H3/t19-,20+. The van der Waals surface area contributed by atoms with E-state index in [0.29, 0.717) is 18.8 Å². The third-order valence-corrected chi connectivity index (χ3v) is 7.79. The number of amides is 1. The van der Waals surface area contributed by atoms with Crippen molar-refractivity contribution in [3.63, 3.8) is 0 Å². The summed E-state index contributed by atoms with van der Waals surface area (Å²) in [5.74, 6) is 0.383. The average Bonchev–Trinajstić information content (AvgIpc) is 2.66. The van der Waals surface area contributed by atoms with Gasteiger partial charge in [0.25, 0.3) is 5.91 Å². The third kappa shape index (κ3) is 7.74. The summed E-state index contributed by atoms with van der Waals surface area (Å²) in [6.07, 6.45) is 5.98. The molecule has 1 aromatic carbocycles. The molecule has 0 bridgehead atoms. The maximum Gasteiger partial charge on any atom is 0.254 e. The van der Waals surface area contributed by atoms with Gasteiger partial charge in [-0.15, -0.1) is 0 Å². The molecule has 0 saturated carbocycles. The predicted octanol–water partition coefficient (Wildman–Crippen LogP) is 4.25. The molecule has 2 rings (SSSR count). The minimum absolute atomic E-state index is 0.0707. The van der Waals surface area contributed by atoms with Crippen LogP contribution in [0.15, 0.2) is 24.3 Å². The highest BCUT2D eigenvalue weighted by molar-refractivity contribution is 7.91. The highest BCUT2D eigenvalue weighted by atomic mass is 32.2. The molecule has 2 atom stereocenters. The van der Waals surface area contributed by atoms with Crippen molar-refractivity contribution < 1.29 is 17.9 Å². The first-order chi connectivity index (χ1) is 13.7. The van der Waals surface area contributed by atoms with E-state index in [1.54, 1.807) is 13.8 Å². The molecule has 1 aromatic rings. The number of morpholine rings is 1. The summed E-state index contributed by atoms with van der Waals surface area (Å²) in [4.78, 5) is 14.7. The first kappa shape index (κ1) is 23.9. The van der Waals surface area contributed by atoms with E-state index in [0.717, 1.165) is 44.1 Å². The summed E-state index contributed by atoms with van der Waals surface area (Å²) in [6, 6.07) is 7.96. The molecule has 0 radical (unpaired) electrons. The topological polar surface area (TPSA) is 63.7 Å². The highest BCUT2D eigenvalue weighted by Gasteiger charge is 2.26. The maximum atomic E-state index is 12.8. The number of aryl methyl sites for hydroxylation is 1. The number of ether oxygens (including phenoxy) is 1. The minimum atomic E-state index is -2.91. The van der Waals surface area contributed by atoms with E-state index in [2.05, 4.69) is 6.07 Å². The van der Waals surface area contributed by atoms with Crippen LogP contribution in [-0.2, 0) is 21.0 Å². The van der Waals surface area contributed by atoms with Gasteiger partial charge in [0.2, 0.25) is 0 Å². The van der Waals surface area contributed by atoms with Crippen molar-refractivity contribution in [1.29, 1.82) is 0 Å². The zero-order valence-electron chi connectivity index (χ0n) is 18.4. The Morgan fingerprint density at radius 3 is 2.34 bits per heavy atom. The molecular weight excluding hydrogens is 386 g/mol. The Labute approximate surface area is 176 Å². The summed E-state index contributed by atoms with van der Waals surface area (Å²) in [6.45, 7) is 8.78. The molecule has 0 aromatic heterocycles. The van der Waals surface area contributed by atoms with Gasteiger partial charge in [0.05, 0.1) is 23.2 Å². The summed E-state index contributed by atoms with van der Waals surface area (Å²) >= 11 is 0. The van der Waals surface area contributed by atoms with Crippen molar-refractivity contribution in [3.05, 3.63) is 35.4 Å². The molecule has 6 heteroatoms. The number of nitrogens with zero attached hydrogens (tertiary/aromatic N) is 1. The summed E-state index contributed by atoms with van der Waals surface area (Å²) in [7, 11) is -2.91. The molecule has 1 fully saturated rings. The Balaban J connectivity index is 1.74. The number of carbonyl (C=O) groups is 1. The smallest absolute Gasteiger partial charge is 0.254 e. The molecule has 5 nitrogen and oxygen atoms in total. The monoisotopic (exact) mass is 423 g/mol. The van der Waals surface area contributed by atoms with Crippen molar-refractivity contribution in [3.8, 4) is 0 Å². The van der Waals surface area contributed by atoms with Crippen molar-refractivity contribution in [1.82, 2.24) is 4.90 Å². The van der Waals surface area contributed by atoms with Gasteiger partial charge in [-0.3, -0.25) is 4.79 Å². The largest absolute Gasteiger partial charge is 0.372 e. The van der Waals surface area contributed by atoms with E-state index in [9.17, 15) is 13.2 Å². The van der Waals surface area contributed by atoms with Crippen molar-refractivity contribution in [2.45, 2.75) is 83.7 Å². The zero-order chi connectivity index (χ0) is 21.4. The SMILES string of the molecule is CC(C)S(=O)(=O)CCCCCCCc1cccc(C(=O)N2C[C@@H](C)O[C@@H](C)C2)c1. The predicted molar refractivity (Wildman–Crippen MR) is 118 cm³/mol. The van der Waals surface area contributed by atoms with Crippen molar-refractivity contribution in [2.75, 3.05) is 18.8 Å². The van der Waals surface area contributed by atoms with Crippen LogP contribution in [0.1, 0.15) is 75.7 Å². The first-order valence-electron chi connectivity index (χ1n) is 10.9. The second kappa shape index (κ2) is 11.1. The quantitative estimate of drug-likeness (QED) is 0.528. The number of carbonyl (C=O) groups excluding carboxylic acids is 1. The number of sulfone groups is 1. The molecule has 0 N–H and O–H groups in total. The van der Waals surface area contributed by atoms with Crippen LogP contribution in [0.2, 0.25) is 0 Å². The van der Waals surface area contributed by atoms with Crippen molar-refractivity contribution >= 4 is 15.7 Å². The van der Waals surface area contributed by atoms with Crippen LogP contribution in [0.5, 0.6) is 0 Å². The molecule has 1 amide bonds. The number of hydrogen-bond acceptors (Lipinski definition) is 4. The number of hydrogen-bond donors (Lipinski definition) is 0. The Hall–Kier alpha value is -1.40. The lowest BCUT2D eigenvalue weighted by Crippen LogP contribution is -2.48. The van der Waals surface area contributed by atoms with Gasteiger partial charge in [-0.1, -0.05) is 31.4 Å². The van der Waals surface area contributed by atoms with Gasteiger partial charge in [-0.25, -0.2) is 8.42 Å². The lowest BCUT2D eigenvalue weighted by atomic mass is 10.0. The van der Waals surface area contributed by atoms with E-state index >= 15 is 0 Å². The van der Waals surface area contributed by atoms with Crippen molar-refractivity contribution in [2.24, 2.45) is 0 Å². The zero-order valence-corrected chi connectivity index (χ0v) is 19.2. The normalized spacial score (nSPS) is 20.2. The Bertz CT molecular complexity index is 750. The fourth-order valence-corrected chi connectivity index (χ4v) is 4.86. The lowest BCUT2D eigenvalue weighted by Gasteiger charge is -2.35. The molecule has 29 heavy (non-hydrogen) atoms. The molecule has 1 aliphatic rings. The molecule has 1 saturated heterocycles. The molecule has 1 heterocycles. The molecule has 1 aliphatic heterocycles. The fraction of sp³-hybridized carbons (Fsp3) is 0.696. The van der Waals surface area contributed by atoms with Crippen LogP contribution in [0.3, 0.4) is 0 Å². The van der Waals surface area contributed by atoms with E-state index < -0.39 is 9.84 Å². The molecular formula is C23H37NO4S. The van der Waals surface area contributed by atoms with Crippen LogP contribution < -0.4 is 0 Å². The van der Waals surface area contributed by atoms with E-state index in [-0.39, 0.29) is 23.4 Å². The van der Waals surface area contributed by atoms with Gasteiger partial charge >= 0.3 is 0 Å². The van der Waals surface area contributed by atoms with E-state index in [1.807, 2.05) is 36.9 Å². The van der Waals surface area contributed by atoms with Gasteiger partial charge in [0, 0.05) is 18.7 Å². The van der Waals surface area contributed by atoms with Gasteiger partial charge in [-0.2, -0.15) is 0 Å². The fourth-order valence-electron chi connectivity index (χ4n) is 3.78. The second-order valence-corrected chi connectivity index (χ2v) is 11.3. The second-order valence-electron chi connectivity index (χ2n) is 8.60. The van der Waals surface area contributed by atoms with Crippen LogP contribution in [0.4, 0.5) is 0 Å². The van der Waals surface area contributed by atoms with Gasteiger partial charge in [0.1, 0.15) is 0 Å². The number of unbranched alkanes of at least 4 members (excludes halogenated alkanes) is 4. The summed E-state index contributed by atoms with van der Waals surface area (Å²) < 4.78 is 29.3. The molecule has 0 unspecified atom stereocenters. The molecule has 0 aliphatic carbocycles. The summed E-state index contributed by atoms with van der Waals surface area (Å²) in [5.41, 5.74) is 1.94. The number of benzene rings is 1. The Kier molecular flexibility index (Phi) is 9.15. The van der Waals surface area contributed by atoms with Gasteiger partial charge < -0.3 is 9.64 Å². The first-order valence-corrected chi connectivity index (χ1v) is 12.7. The molecule has 0 spiro atoms. The van der Waals surface area contributed by atoms with E-state index in [1.165, 1.54) is 5.56 Å². The Morgan fingerprint density at radius 1 is 1.07 bits per heavy atom. The number of rotatable bonds is 10. The summed E-state index contributed by atoms with van der Waals surface area (Å²) in [5, 5.41) is -0.277. The molecule has 164 valence electrons. The average molecular weight is 424 g/mol. The minimum Gasteiger partial charge on any atom is -0.372 e. The maximum absolute atomic E-state index is 12.8. The van der Waals surface area contributed by atoms with Gasteiger partial charge in [0.15, 0.2) is 9.84 Å². The van der Waals surface area contributed by atoms with Crippen LogP contribution >= 0.6 is 0 Å². The highest BCUT2D eigenvalue weighted by Crippen LogP contribution is 2.17. The Morgan fingerprint density at radius 2 is 1.69 bits per heavy atom. The van der Waals surface area contributed by atoms with Crippen LogP contribution in [-0.4, -0.2) is 55.5 Å². The van der Waals surface area contributed by atoms with Crippen LogP contribution in [0, 0.1) is 0 Å². The van der Waals surface area contributed by atoms with Crippen LogP contribution in [0.25, 0.3) is 0 Å². The van der Waals surface area contributed by atoms with Gasteiger partial charge in [-0.05, 0) is 64.7 Å². The lowest BCUT2D eigenvalue weighted by molar-refractivity contribution is -0.0586.